The van der Waals surface area contributed by atoms with Crippen LogP contribution >= 0.6 is 0 Å². The summed E-state index contributed by atoms with van der Waals surface area (Å²) < 4.78 is 0. The molecule has 1 heterocycles. The summed E-state index contributed by atoms with van der Waals surface area (Å²) in [5, 5.41) is 3.48. The van der Waals surface area contributed by atoms with Crippen molar-refractivity contribution in [2.75, 3.05) is 20.1 Å². The summed E-state index contributed by atoms with van der Waals surface area (Å²) in [5.41, 5.74) is 3.12. The van der Waals surface area contributed by atoms with Crippen molar-refractivity contribution in [3.8, 4) is 0 Å². The predicted molar refractivity (Wildman–Crippen MR) is 71.3 cm³/mol. The van der Waals surface area contributed by atoms with Crippen molar-refractivity contribution in [3.63, 3.8) is 0 Å². The highest BCUT2D eigenvalue weighted by molar-refractivity contribution is 5.33. The van der Waals surface area contributed by atoms with Gasteiger partial charge in [-0.15, -0.1) is 0 Å². The first-order chi connectivity index (χ1) is 8.33. The zero-order chi connectivity index (χ0) is 11.7. The molecule has 1 aromatic rings. The van der Waals surface area contributed by atoms with E-state index in [1.54, 1.807) is 11.1 Å². The first-order valence-electron chi connectivity index (χ1n) is 6.83. The molecule has 0 radical (unpaired) electrons. The smallest absolute Gasteiger partial charge is 0.0173 e. The monoisotopic (exact) mass is 230 g/mol. The molecule has 2 heteroatoms. The fourth-order valence-electron chi connectivity index (χ4n) is 2.98. The minimum absolute atomic E-state index is 0.729. The first kappa shape index (κ1) is 11.2. The molecule has 0 saturated carbocycles. The summed E-state index contributed by atoms with van der Waals surface area (Å²) in [6.07, 6.45) is 5.16. The predicted octanol–water partition coefficient (Wildman–Crippen LogP) is 1.84. The van der Waals surface area contributed by atoms with E-state index >= 15 is 0 Å². The Morgan fingerprint density at radius 1 is 1.24 bits per heavy atom. The van der Waals surface area contributed by atoms with Gasteiger partial charge in [0.15, 0.2) is 0 Å². The number of nitrogens with one attached hydrogen (secondary N) is 1. The number of nitrogens with zero attached hydrogens (tertiary/aromatic N) is 1. The van der Waals surface area contributed by atoms with Crippen LogP contribution in [0.2, 0.25) is 0 Å². The molecule has 2 nitrogen and oxygen atoms in total. The molecule has 1 fully saturated rings. The Morgan fingerprint density at radius 2 is 1.88 bits per heavy atom. The van der Waals surface area contributed by atoms with E-state index in [0.29, 0.717) is 0 Å². The third-order valence-electron chi connectivity index (χ3n) is 4.41. The SMILES string of the molecule is CN(CCC1CCN1)C1Cc2ccccc2C1. The maximum absolute atomic E-state index is 3.48. The van der Waals surface area contributed by atoms with Gasteiger partial charge in [0.2, 0.25) is 0 Å². The van der Waals surface area contributed by atoms with Crippen molar-refractivity contribution in [1.29, 1.82) is 0 Å². The topological polar surface area (TPSA) is 15.3 Å². The molecule has 92 valence electrons. The molecule has 17 heavy (non-hydrogen) atoms. The lowest BCUT2D eigenvalue weighted by molar-refractivity contribution is 0.219. The first-order valence-corrected chi connectivity index (χ1v) is 6.83. The van der Waals surface area contributed by atoms with Gasteiger partial charge in [0.25, 0.3) is 0 Å². The molecule has 0 spiro atoms. The molecular weight excluding hydrogens is 208 g/mol. The van der Waals surface area contributed by atoms with Gasteiger partial charge in [0.1, 0.15) is 0 Å². The zero-order valence-corrected chi connectivity index (χ0v) is 10.7. The van der Waals surface area contributed by atoms with Gasteiger partial charge in [0, 0.05) is 12.1 Å². The van der Waals surface area contributed by atoms with E-state index in [1.165, 1.54) is 38.8 Å². The van der Waals surface area contributed by atoms with Crippen LogP contribution in [0.3, 0.4) is 0 Å². The third kappa shape index (κ3) is 2.38. The van der Waals surface area contributed by atoms with Gasteiger partial charge in [-0.3, -0.25) is 0 Å². The number of benzene rings is 1. The lowest BCUT2D eigenvalue weighted by atomic mass is 10.0. The summed E-state index contributed by atoms with van der Waals surface area (Å²) in [7, 11) is 2.29. The average Bonchev–Trinajstić information content (AvgIpc) is 2.70. The van der Waals surface area contributed by atoms with Gasteiger partial charge in [-0.25, -0.2) is 0 Å². The van der Waals surface area contributed by atoms with E-state index in [0.717, 1.165) is 12.1 Å². The van der Waals surface area contributed by atoms with Crippen molar-refractivity contribution in [2.24, 2.45) is 0 Å². The van der Waals surface area contributed by atoms with E-state index in [9.17, 15) is 0 Å². The number of likely N-dealkylation sites (N-methyl/N-ethyl adjacent to an activating group) is 1. The third-order valence-corrected chi connectivity index (χ3v) is 4.41. The Kier molecular flexibility index (Phi) is 3.17. The number of fused-ring (bicyclic) bond motifs is 1. The van der Waals surface area contributed by atoms with Crippen molar-refractivity contribution in [1.82, 2.24) is 10.2 Å². The molecule has 1 N–H and O–H groups in total. The summed E-state index contributed by atoms with van der Waals surface area (Å²) in [4.78, 5) is 2.56. The minimum Gasteiger partial charge on any atom is -0.314 e. The van der Waals surface area contributed by atoms with Crippen molar-refractivity contribution in [2.45, 2.75) is 37.8 Å². The Labute approximate surface area is 104 Å². The normalized spacial score (nSPS) is 23.8. The van der Waals surface area contributed by atoms with E-state index < -0.39 is 0 Å². The maximum atomic E-state index is 3.48. The molecule has 0 bridgehead atoms. The number of rotatable bonds is 4. The van der Waals surface area contributed by atoms with Gasteiger partial charge in [-0.1, -0.05) is 24.3 Å². The standard InChI is InChI=1S/C15H22N2/c1-17(9-7-14-6-8-16-14)15-10-12-4-2-3-5-13(12)11-15/h2-5,14-16H,6-11H2,1H3. The molecule has 1 aromatic carbocycles. The summed E-state index contributed by atoms with van der Waals surface area (Å²) in [6, 6.07) is 10.4. The molecule has 0 aromatic heterocycles. The average molecular weight is 230 g/mol. The lowest BCUT2D eigenvalue weighted by Crippen LogP contribution is -2.45. The van der Waals surface area contributed by atoms with Crippen LogP contribution in [0.15, 0.2) is 24.3 Å². The molecule has 1 unspecified atom stereocenters. The van der Waals surface area contributed by atoms with Crippen LogP contribution in [-0.2, 0) is 12.8 Å². The fraction of sp³-hybridized carbons (Fsp3) is 0.600. The zero-order valence-electron chi connectivity index (χ0n) is 10.7. The summed E-state index contributed by atoms with van der Waals surface area (Å²) in [6.45, 7) is 2.46. The molecule has 1 aliphatic heterocycles. The molecule has 2 aliphatic rings. The van der Waals surface area contributed by atoms with Crippen LogP contribution in [0.5, 0.6) is 0 Å². The molecule has 1 saturated heterocycles. The Morgan fingerprint density at radius 3 is 2.41 bits per heavy atom. The Bertz CT molecular complexity index is 359. The Balaban J connectivity index is 1.52. The van der Waals surface area contributed by atoms with Crippen LogP contribution in [0.4, 0.5) is 0 Å². The van der Waals surface area contributed by atoms with Gasteiger partial charge in [-0.2, -0.15) is 0 Å². The van der Waals surface area contributed by atoms with Gasteiger partial charge in [0.05, 0.1) is 0 Å². The lowest BCUT2D eigenvalue weighted by Gasteiger charge is -2.31. The van der Waals surface area contributed by atoms with Crippen LogP contribution in [0.25, 0.3) is 0 Å². The van der Waals surface area contributed by atoms with Crippen LogP contribution in [0.1, 0.15) is 24.0 Å². The van der Waals surface area contributed by atoms with Crippen molar-refractivity contribution >= 4 is 0 Å². The van der Waals surface area contributed by atoms with Gasteiger partial charge < -0.3 is 10.2 Å². The molecule has 0 amide bonds. The van der Waals surface area contributed by atoms with E-state index in [1.807, 2.05) is 0 Å². The highest BCUT2D eigenvalue weighted by Gasteiger charge is 2.25. The second kappa shape index (κ2) is 4.79. The van der Waals surface area contributed by atoms with Crippen LogP contribution < -0.4 is 5.32 Å². The largest absolute Gasteiger partial charge is 0.314 e. The highest BCUT2D eigenvalue weighted by atomic mass is 15.1. The maximum Gasteiger partial charge on any atom is 0.0173 e. The van der Waals surface area contributed by atoms with E-state index in [-0.39, 0.29) is 0 Å². The number of hydrogen-bond donors (Lipinski definition) is 1. The van der Waals surface area contributed by atoms with Crippen LogP contribution in [-0.4, -0.2) is 37.1 Å². The van der Waals surface area contributed by atoms with E-state index in [2.05, 4.69) is 41.5 Å². The van der Waals surface area contributed by atoms with Crippen LogP contribution in [0, 0.1) is 0 Å². The Hall–Kier alpha value is -0.860. The summed E-state index contributed by atoms with van der Waals surface area (Å²) >= 11 is 0. The fourth-order valence-corrected chi connectivity index (χ4v) is 2.98. The minimum atomic E-state index is 0.729. The number of hydrogen-bond acceptors (Lipinski definition) is 2. The molecular formula is C15H22N2. The quantitative estimate of drug-likeness (QED) is 0.849. The highest BCUT2D eigenvalue weighted by Crippen LogP contribution is 2.25. The summed E-state index contributed by atoms with van der Waals surface area (Å²) in [5.74, 6) is 0. The molecule has 3 rings (SSSR count). The van der Waals surface area contributed by atoms with E-state index in [4.69, 9.17) is 0 Å². The second-order valence-corrected chi connectivity index (χ2v) is 5.54. The van der Waals surface area contributed by atoms with Crippen molar-refractivity contribution < 1.29 is 0 Å². The van der Waals surface area contributed by atoms with Gasteiger partial charge >= 0.3 is 0 Å². The second-order valence-electron chi connectivity index (χ2n) is 5.54. The molecule has 1 aliphatic carbocycles. The molecule has 1 atom stereocenters. The van der Waals surface area contributed by atoms with Gasteiger partial charge in [-0.05, 0) is 56.9 Å². The van der Waals surface area contributed by atoms with Crippen molar-refractivity contribution in [3.05, 3.63) is 35.4 Å².